The maximum atomic E-state index is 13.3. The van der Waals surface area contributed by atoms with Gasteiger partial charge in [-0.2, -0.15) is 0 Å². The average molecular weight is 199 g/mol. The third kappa shape index (κ3) is 1.60. The van der Waals surface area contributed by atoms with E-state index in [0.29, 0.717) is 0 Å². The zero-order valence-corrected chi connectivity index (χ0v) is 7.97. The molecule has 14 heavy (non-hydrogen) atoms. The Morgan fingerprint density at radius 3 is 2.43 bits per heavy atom. The molecule has 1 aromatic rings. The first-order valence-electron chi connectivity index (χ1n) is 4.11. The summed E-state index contributed by atoms with van der Waals surface area (Å²) < 4.78 is 26.1. The highest BCUT2D eigenvalue weighted by Gasteiger charge is 2.31. The maximum absolute atomic E-state index is 13.3. The van der Waals surface area contributed by atoms with Crippen LogP contribution in [-0.2, 0) is 10.2 Å². The molecule has 0 atom stereocenters. The second-order valence-electron chi connectivity index (χ2n) is 3.59. The van der Waals surface area contributed by atoms with Crippen molar-refractivity contribution in [3.8, 4) is 0 Å². The Kier molecular flexibility index (Phi) is 2.55. The average Bonchev–Trinajstić information content (AvgIpc) is 2.09. The number of hydrogen-bond acceptors (Lipinski definition) is 1. The largest absolute Gasteiger partial charge is 0.369 e. The molecule has 0 saturated heterocycles. The number of benzene rings is 1. The zero-order chi connectivity index (χ0) is 10.9. The van der Waals surface area contributed by atoms with Crippen molar-refractivity contribution in [2.75, 3.05) is 0 Å². The van der Waals surface area contributed by atoms with Crippen LogP contribution < -0.4 is 5.73 Å². The molecular weight excluding hydrogens is 188 g/mol. The van der Waals surface area contributed by atoms with Crippen molar-refractivity contribution in [2.45, 2.75) is 19.3 Å². The molecule has 0 bridgehead atoms. The molecule has 0 aliphatic carbocycles. The number of nitrogens with two attached hydrogens (primary N) is 1. The summed E-state index contributed by atoms with van der Waals surface area (Å²) in [6.07, 6.45) is 0. The highest BCUT2D eigenvalue weighted by Crippen LogP contribution is 2.26. The van der Waals surface area contributed by atoms with Gasteiger partial charge in [0, 0.05) is 5.56 Å². The summed E-state index contributed by atoms with van der Waals surface area (Å²) >= 11 is 0. The molecule has 2 nitrogen and oxygen atoms in total. The fourth-order valence-corrected chi connectivity index (χ4v) is 1.12. The van der Waals surface area contributed by atoms with Crippen LogP contribution >= 0.6 is 0 Å². The monoisotopic (exact) mass is 199 g/mol. The van der Waals surface area contributed by atoms with Gasteiger partial charge in [-0.05, 0) is 19.9 Å². The van der Waals surface area contributed by atoms with E-state index in [-0.39, 0.29) is 5.56 Å². The smallest absolute Gasteiger partial charge is 0.227 e. The molecule has 0 spiro atoms. The van der Waals surface area contributed by atoms with Gasteiger partial charge in [-0.25, -0.2) is 8.78 Å². The van der Waals surface area contributed by atoms with E-state index < -0.39 is 23.0 Å². The van der Waals surface area contributed by atoms with Gasteiger partial charge in [-0.3, -0.25) is 4.79 Å². The third-order valence-electron chi connectivity index (χ3n) is 2.24. The van der Waals surface area contributed by atoms with Crippen molar-refractivity contribution in [2.24, 2.45) is 5.73 Å². The molecule has 0 aliphatic heterocycles. The summed E-state index contributed by atoms with van der Waals surface area (Å²) in [7, 11) is 0. The molecule has 1 amide bonds. The fraction of sp³-hybridized carbons (Fsp3) is 0.300. The van der Waals surface area contributed by atoms with Crippen molar-refractivity contribution < 1.29 is 13.6 Å². The summed E-state index contributed by atoms with van der Waals surface area (Å²) in [6.45, 7) is 2.90. The number of rotatable bonds is 2. The van der Waals surface area contributed by atoms with Crippen LogP contribution in [-0.4, -0.2) is 5.91 Å². The lowest BCUT2D eigenvalue weighted by molar-refractivity contribution is -0.122. The van der Waals surface area contributed by atoms with Crippen molar-refractivity contribution in [3.05, 3.63) is 35.4 Å². The zero-order valence-electron chi connectivity index (χ0n) is 7.97. The lowest BCUT2D eigenvalue weighted by Crippen LogP contribution is -2.36. The Morgan fingerprint density at radius 2 is 1.93 bits per heavy atom. The van der Waals surface area contributed by atoms with E-state index in [1.165, 1.54) is 26.0 Å². The van der Waals surface area contributed by atoms with Crippen LogP contribution in [0.5, 0.6) is 0 Å². The molecule has 0 fully saturated rings. The highest BCUT2D eigenvalue weighted by molar-refractivity contribution is 5.85. The number of carbonyl (C=O) groups excluding carboxylic acids is 1. The van der Waals surface area contributed by atoms with Crippen LogP contribution in [0.2, 0.25) is 0 Å². The second kappa shape index (κ2) is 3.36. The molecule has 0 unspecified atom stereocenters. The molecule has 0 heterocycles. The van der Waals surface area contributed by atoms with Gasteiger partial charge < -0.3 is 5.73 Å². The van der Waals surface area contributed by atoms with Crippen LogP contribution in [0.4, 0.5) is 8.78 Å². The Morgan fingerprint density at radius 1 is 1.36 bits per heavy atom. The quantitative estimate of drug-likeness (QED) is 0.774. The van der Waals surface area contributed by atoms with E-state index in [2.05, 4.69) is 0 Å². The van der Waals surface area contributed by atoms with Crippen LogP contribution in [0, 0.1) is 11.6 Å². The summed E-state index contributed by atoms with van der Waals surface area (Å²) in [6, 6.07) is 3.69. The Bertz CT molecular complexity index is 374. The van der Waals surface area contributed by atoms with E-state index in [1.807, 2.05) is 0 Å². The lowest BCUT2D eigenvalue weighted by atomic mass is 9.83. The van der Waals surface area contributed by atoms with Crippen LogP contribution in [0.25, 0.3) is 0 Å². The van der Waals surface area contributed by atoms with Gasteiger partial charge in [0.15, 0.2) is 11.6 Å². The van der Waals surface area contributed by atoms with Gasteiger partial charge in [0.2, 0.25) is 5.91 Å². The summed E-state index contributed by atoms with van der Waals surface area (Å²) in [5.74, 6) is -2.69. The molecule has 4 heteroatoms. The van der Waals surface area contributed by atoms with Gasteiger partial charge in [0.05, 0.1) is 5.41 Å². The molecule has 0 radical (unpaired) electrons. The van der Waals surface area contributed by atoms with Crippen LogP contribution in [0.15, 0.2) is 18.2 Å². The number of carbonyl (C=O) groups is 1. The first kappa shape index (κ1) is 10.6. The molecule has 1 rings (SSSR count). The number of amides is 1. The topological polar surface area (TPSA) is 43.1 Å². The van der Waals surface area contributed by atoms with E-state index in [0.717, 1.165) is 6.07 Å². The van der Waals surface area contributed by atoms with Crippen LogP contribution in [0.1, 0.15) is 19.4 Å². The lowest BCUT2D eigenvalue weighted by Gasteiger charge is -2.21. The molecule has 2 N–H and O–H groups in total. The highest BCUT2D eigenvalue weighted by atomic mass is 19.2. The molecule has 0 saturated carbocycles. The second-order valence-corrected chi connectivity index (χ2v) is 3.59. The van der Waals surface area contributed by atoms with Gasteiger partial charge in [0.25, 0.3) is 0 Å². The third-order valence-corrected chi connectivity index (χ3v) is 2.24. The maximum Gasteiger partial charge on any atom is 0.227 e. The van der Waals surface area contributed by atoms with Gasteiger partial charge in [-0.15, -0.1) is 0 Å². The van der Waals surface area contributed by atoms with Gasteiger partial charge in [0.1, 0.15) is 0 Å². The summed E-state index contributed by atoms with van der Waals surface area (Å²) in [5, 5.41) is 0. The Balaban J connectivity index is 3.33. The number of primary amides is 1. The number of hydrogen-bond donors (Lipinski definition) is 1. The van der Waals surface area contributed by atoms with E-state index in [1.54, 1.807) is 0 Å². The van der Waals surface area contributed by atoms with E-state index in [4.69, 9.17) is 5.73 Å². The molecule has 1 aromatic carbocycles. The fourth-order valence-electron chi connectivity index (χ4n) is 1.12. The van der Waals surface area contributed by atoms with Crippen LogP contribution in [0.3, 0.4) is 0 Å². The van der Waals surface area contributed by atoms with E-state index >= 15 is 0 Å². The predicted molar refractivity (Wildman–Crippen MR) is 48.6 cm³/mol. The van der Waals surface area contributed by atoms with Crippen molar-refractivity contribution in [1.29, 1.82) is 0 Å². The van der Waals surface area contributed by atoms with Gasteiger partial charge >= 0.3 is 0 Å². The standard InChI is InChI=1S/C10H11F2NO/c1-10(2,9(13)14)6-4-3-5-7(11)8(6)12/h3-5H,1-2H3,(H2,13,14). The molecular formula is C10H11F2NO. The first-order chi connectivity index (χ1) is 6.37. The summed E-state index contributed by atoms with van der Waals surface area (Å²) in [5.41, 5.74) is 3.87. The van der Waals surface area contributed by atoms with Crippen molar-refractivity contribution >= 4 is 5.91 Å². The summed E-state index contributed by atoms with van der Waals surface area (Å²) in [4.78, 5) is 11.0. The van der Waals surface area contributed by atoms with Gasteiger partial charge in [-0.1, -0.05) is 12.1 Å². The predicted octanol–water partition coefficient (Wildman–Crippen LogP) is 1.73. The Hall–Kier alpha value is -1.45. The number of halogens is 2. The minimum absolute atomic E-state index is 0.0231. The van der Waals surface area contributed by atoms with Crippen molar-refractivity contribution in [3.63, 3.8) is 0 Å². The van der Waals surface area contributed by atoms with E-state index in [9.17, 15) is 13.6 Å². The molecule has 0 aliphatic rings. The SMILES string of the molecule is CC(C)(C(N)=O)c1cccc(F)c1F. The first-order valence-corrected chi connectivity index (χ1v) is 4.11. The normalized spacial score (nSPS) is 11.4. The Labute approximate surface area is 80.7 Å². The molecule has 0 aromatic heterocycles. The van der Waals surface area contributed by atoms with Crippen molar-refractivity contribution in [1.82, 2.24) is 0 Å². The minimum Gasteiger partial charge on any atom is -0.369 e. The molecule has 76 valence electrons. The minimum atomic E-state index is -1.20.